The molecule has 2 aliphatic rings. The molecule has 0 saturated carbocycles. The molecule has 4 rings (SSSR count). The summed E-state index contributed by atoms with van der Waals surface area (Å²) in [6.07, 6.45) is 6.85. The van der Waals surface area contributed by atoms with E-state index in [9.17, 15) is 4.79 Å². The lowest BCUT2D eigenvalue weighted by Gasteiger charge is -2.34. The first kappa shape index (κ1) is 18.7. The lowest BCUT2D eigenvalue weighted by Crippen LogP contribution is -2.39. The third-order valence-corrected chi connectivity index (χ3v) is 5.75. The number of benzene rings is 1. The van der Waals surface area contributed by atoms with Crippen LogP contribution in [0.25, 0.3) is 0 Å². The van der Waals surface area contributed by atoms with E-state index in [0.29, 0.717) is 18.2 Å². The summed E-state index contributed by atoms with van der Waals surface area (Å²) < 4.78 is 10.8. The number of rotatable bonds is 6. The zero-order chi connectivity index (χ0) is 19.3. The van der Waals surface area contributed by atoms with Crippen molar-refractivity contribution in [3.8, 4) is 11.5 Å². The monoisotopic (exact) mass is 381 g/mol. The van der Waals surface area contributed by atoms with E-state index in [1.165, 1.54) is 18.4 Å². The molecule has 28 heavy (non-hydrogen) atoms. The Morgan fingerprint density at radius 1 is 1.18 bits per heavy atom. The number of nitrogens with zero attached hydrogens (tertiary/aromatic N) is 3. The van der Waals surface area contributed by atoms with Crippen LogP contribution in [0.15, 0.2) is 42.7 Å². The van der Waals surface area contributed by atoms with Crippen molar-refractivity contribution in [2.75, 3.05) is 26.7 Å². The first-order valence-electron chi connectivity index (χ1n) is 9.96. The van der Waals surface area contributed by atoms with Crippen molar-refractivity contribution < 1.29 is 14.3 Å². The Morgan fingerprint density at radius 3 is 2.71 bits per heavy atom. The zero-order valence-corrected chi connectivity index (χ0v) is 16.3. The molecule has 0 radical (unpaired) electrons. The van der Waals surface area contributed by atoms with E-state index in [0.717, 1.165) is 43.9 Å². The summed E-state index contributed by atoms with van der Waals surface area (Å²) in [5.41, 5.74) is 2.32. The molecule has 1 aromatic carbocycles. The van der Waals surface area contributed by atoms with Crippen LogP contribution in [0, 0.1) is 5.92 Å². The maximum absolute atomic E-state index is 12.3. The molecule has 2 aromatic rings. The van der Waals surface area contributed by atoms with Crippen LogP contribution in [0.3, 0.4) is 0 Å². The highest BCUT2D eigenvalue weighted by Gasteiger charge is 2.27. The maximum atomic E-state index is 12.3. The highest BCUT2D eigenvalue weighted by Crippen LogP contribution is 2.30. The predicted octanol–water partition coefficient (Wildman–Crippen LogP) is 3.71. The highest BCUT2D eigenvalue weighted by atomic mass is 16.6. The molecule has 0 bridgehead atoms. The van der Waals surface area contributed by atoms with Crippen molar-refractivity contribution in [1.29, 1.82) is 0 Å². The fraction of sp³-hybridized carbons (Fsp3) is 0.455. The third-order valence-electron chi connectivity index (χ3n) is 5.75. The number of likely N-dealkylation sites (tertiary alicyclic amines) is 1. The average molecular weight is 381 g/mol. The number of carbonyl (C=O) groups is 1. The number of aromatic nitrogens is 1. The van der Waals surface area contributed by atoms with Gasteiger partial charge in [0, 0.05) is 31.0 Å². The van der Waals surface area contributed by atoms with Crippen LogP contribution in [0.2, 0.25) is 0 Å². The predicted molar refractivity (Wildman–Crippen MR) is 106 cm³/mol. The van der Waals surface area contributed by atoms with Gasteiger partial charge in [0.05, 0.1) is 13.7 Å². The second kappa shape index (κ2) is 8.61. The molecule has 1 fully saturated rings. The minimum absolute atomic E-state index is 0.243. The van der Waals surface area contributed by atoms with Gasteiger partial charge in [-0.25, -0.2) is 4.79 Å². The minimum atomic E-state index is -0.243. The number of hydrogen-bond acceptors (Lipinski definition) is 5. The largest absolute Gasteiger partial charge is 0.497 e. The molecule has 0 N–H and O–H groups in total. The Morgan fingerprint density at radius 2 is 1.96 bits per heavy atom. The normalized spacial score (nSPS) is 17.9. The summed E-state index contributed by atoms with van der Waals surface area (Å²) in [6.45, 7) is 4.54. The number of hydrogen-bond donors (Lipinski definition) is 0. The van der Waals surface area contributed by atoms with Gasteiger partial charge >= 0.3 is 6.09 Å². The minimum Gasteiger partial charge on any atom is -0.497 e. The second-order valence-electron chi connectivity index (χ2n) is 7.63. The second-order valence-corrected chi connectivity index (χ2v) is 7.63. The number of carbonyl (C=O) groups excluding carboxylic acids is 1. The number of piperidine rings is 1. The Hall–Kier alpha value is -2.60. The summed E-state index contributed by atoms with van der Waals surface area (Å²) in [4.78, 5) is 20.7. The van der Waals surface area contributed by atoms with Crippen LogP contribution in [0.1, 0.15) is 30.4 Å². The van der Waals surface area contributed by atoms with Crippen LogP contribution in [0.5, 0.6) is 11.5 Å². The van der Waals surface area contributed by atoms with Gasteiger partial charge in [-0.05, 0) is 74.2 Å². The Balaban J connectivity index is 1.25. The van der Waals surface area contributed by atoms with Crippen molar-refractivity contribution in [2.24, 2.45) is 5.92 Å². The smallest absolute Gasteiger partial charge is 0.415 e. The van der Waals surface area contributed by atoms with Gasteiger partial charge in [0.1, 0.15) is 11.5 Å². The Labute approximate surface area is 166 Å². The number of methoxy groups -OCH3 is 1. The van der Waals surface area contributed by atoms with Gasteiger partial charge in [0.25, 0.3) is 0 Å². The van der Waals surface area contributed by atoms with Crippen LogP contribution >= 0.6 is 0 Å². The van der Waals surface area contributed by atoms with E-state index >= 15 is 0 Å². The Kier molecular flexibility index (Phi) is 5.76. The standard InChI is InChI=1S/C22H27N3O3/c1-27-20-2-3-21-19(14-20)16-25(22(26)28-21)13-8-17-6-11-24(12-7-17)15-18-4-9-23-10-5-18/h2-5,9-10,14,17H,6-8,11-13,15-16H2,1H3. The van der Waals surface area contributed by atoms with Crippen molar-refractivity contribution in [1.82, 2.24) is 14.8 Å². The summed E-state index contributed by atoms with van der Waals surface area (Å²) >= 11 is 0. The van der Waals surface area contributed by atoms with E-state index in [-0.39, 0.29) is 6.09 Å². The Bertz CT molecular complexity index is 804. The molecule has 6 nitrogen and oxygen atoms in total. The molecule has 148 valence electrons. The van der Waals surface area contributed by atoms with Crippen molar-refractivity contribution in [3.63, 3.8) is 0 Å². The van der Waals surface area contributed by atoms with Crippen LogP contribution < -0.4 is 9.47 Å². The van der Waals surface area contributed by atoms with Crippen molar-refractivity contribution in [3.05, 3.63) is 53.9 Å². The molecule has 1 saturated heterocycles. The summed E-state index contributed by atoms with van der Waals surface area (Å²) in [6, 6.07) is 9.75. The average Bonchev–Trinajstić information content (AvgIpc) is 2.74. The van der Waals surface area contributed by atoms with Crippen molar-refractivity contribution >= 4 is 6.09 Å². The number of fused-ring (bicyclic) bond motifs is 1. The van der Waals surface area contributed by atoms with Gasteiger partial charge in [-0.3, -0.25) is 9.88 Å². The van der Waals surface area contributed by atoms with Gasteiger partial charge in [-0.15, -0.1) is 0 Å². The first-order chi connectivity index (χ1) is 13.7. The van der Waals surface area contributed by atoms with Crippen LogP contribution in [-0.2, 0) is 13.1 Å². The fourth-order valence-corrected chi connectivity index (χ4v) is 4.02. The number of amides is 1. The molecule has 0 spiro atoms. The van der Waals surface area contributed by atoms with E-state index in [4.69, 9.17) is 9.47 Å². The molecule has 0 unspecified atom stereocenters. The maximum Gasteiger partial charge on any atom is 0.415 e. The van der Waals surface area contributed by atoms with E-state index < -0.39 is 0 Å². The van der Waals surface area contributed by atoms with Crippen molar-refractivity contribution in [2.45, 2.75) is 32.4 Å². The highest BCUT2D eigenvalue weighted by molar-refractivity contribution is 5.73. The SMILES string of the molecule is COc1ccc2c(c1)CN(CCC1CCN(Cc3ccncc3)CC1)C(=O)O2. The van der Waals surface area contributed by atoms with Gasteiger partial charge in [0.15, 0.2) is 0 Å². The molecule has 3 heterocycles. The first-order valence-corrected chi connectivity index (χ1v) is 9.96. The van der Waals surface area contributed by atoms with Gasteiger partial charge in [-0.1, -0.05) is 0 Å². The molecular weight excluding hydrogens is 354 g/mol. The summed E-state index contributed by atoms with van der Waals surface area (Å²) in [7, 11) is 1.65. The van der Waals surface area contributed by atoms with E-state index in [2.05, 4.69) is 22.0 Å². The molecule has 1 amide bonds. The fourth-order valence-electron chi connectivity index (χ4n) is 4.02. The zero-order valence-electron chi connectivity index (χ0n) is 16.3. The molecule has 0 atom stereocenters. The number of pyridine rings is 1. The van der Waals surface area contributed by atoms with E-state index in [1.54, 1.807) is 7.11 Å². The molecule has 2 aliphatic heterocycles. The lowest BCUT2D eigenvalue weighted by atomic mass is 9.93. The van der Waals surface area contributed by atoms with Crippen LogP contribution in [0.4, 0.5) is 4.79 Å². The summed E-state index contributed by atoms with van der Waals surface area (Å²) in [5, 5.41) is 0. The quantitative estimate of drug-likeness (QED) is 0.764. The van der Waals surface area contributed by atoms with Gasteiger partial charge < -0.3 is 14.4 Å². The van der Waals surface area contributed by atoms with Gasteiger partial charge in [-0.2, -0.15) is 0 Å². The van der Waals surface area contributed by atoms with Gasteiger partial charge in [0.2, 0.25) is 0 Å². The molecular formula is C22H27N3O3. The third kappa shape index (κ3) is 4.44. The number of ether oxygens (including phenoxy) is 2. The van der Waals surface area contributed by atoms with E-state index in [1.807, 2.05) is 35.5 Å². The van der Waals surface area contributed by atoms with Crippen LogP contribution in [-0.4, -0.2) is 47.6 Å². The molecule has 6 heteroatoms. The molecule has 0 aliphatic carbocycles. The molecule has 1 aromatic heterocycles. The topological polar surface area (TPSA) is 54.9 Å². The lowest BCUT2D eigenvalue weighted by molar-refractivity contribution is 0.125. The summed E-state index contributed by atoms with van der Waals surface area (Å²) in [5.74, 6) is 2.10.